The van der Waals surface area contributed by atoms with Crippen LogP contribution in [0.4, 0.5) is 0 Å². The summed E-state index contributed by atoms with van der Waals surface area (Å²) in [4.78, 5) is 35.2. The molecule has 0 amide bonds. The zero-order chi connectivity index (χ0) is 20.7. The number of aromatic amines is 1. The van der Waals surface area contributed by atoms with Crippen molar-refractivity contribution < 1.29 is 28.2 Å². The van der Waals surface area contributed by atoms with Crippen molar-refractivity contribution in [1.82, 2.24) is 9.55 Å². The minimum Gasteiger partial charge on any atom is -0.380 e. The molecule has 0 fully saturated rings. The summed E-state index contributed by atoms with van der Waals surface area (Å²) in [6.45, 7) is 5.25. The Kier molecular flexibility index (Phi) is 8.80. The molecule has 27 heavy (non-hydrogen) atoms. The summed E-state index contributed by atoms with van der Waals surface area (Å²) < 4.78 is 34.1. The van der Waals surface area contributed by atoms with Gasteiger partial charge in [0.25, 0.3) is 5.56 Å². The number of ether oxygens (including phenoxy) is 3. The van der Waals surface area contributed by atoms with Crippen LogP contribution in [0.3, 0.4) is 0 Å². The van der Waals surface area contributed by atoms with Crippen LogP contribution in [0.1, 0.15) is 20.8 Å². The van der Waals surface area contributed by atoms with Crippen molar-refractivity contribution >= 4 is 7.60 Å². The average molecular weight is 406 g/mol. The lowest BCUT2D eigenvalue weighted by atomic mass is 10.2. The second-order valence-electron chi connectivity index (χ2n) is 6.21. The molecule has 154 valence electrons. The Morgan fingerprint density at radius 2 is 2.04 bits per heavy atom. The fourth-order valence-corrected chi connectivity index (χ4v) is 2.76. The lowest BCUT2D eigenvalue weighted by Crippen LogP contribution is -2.48. The fraction of sp³-hybridized carbons (Fsp3) is 0.625. The maximum absolute atomic E-state index is 12.2. The van der Waals surface area contributed by atoms with Crippen molar-refractivity contribution in [2.24, 2.45) is 0 Å². The topological polar surface area (TPSA) is 129 Å². The third-order valence-corrected chi connectivity index (χ3v) is 4.57. The van der Waals surface area contributed by atoms with E-state index in [2.05, 4.69) is 9.51 Å². The molecule has 2 N–H and O–H groups in total. The molecule has 11 heteroatoms. The molecule has 1 rings (SSSR count). The van der Waals surface area contributed by atoms with Gasteiger partial charge in [0, 0.05) is 32.3 Å². The largest absolute Gasteiger partial charge is 0.380 e. The zero-order valence-corrected chi connectivity index (χ0v) is 17.0. The Balaban J connectivity index is 3.23. The average Bonchev–Trinajstić information content (AvgIpc) is 2.57. The van der Waals surface area contributed by atoms with E-state index in [1.807, 2.05) is 13.8 Å². The molecule has 0 bridgehead atoms. The highest BCUT2D eigenvalue weighted by Gasteiger charge is 2.32. The molecule has 0 aromatic carbocycles. The van der Waals surface area contributed by atoms with Gasteiger partial charge in [-0.15, -0.1) is 0 Å². The van der Waals surface area contributed by atoms with E-state index < -0.39 is 30.7 Å². The lowest BCUT2D eigenvalue weighted by Gasteiger charge is -2.34. The van der Waals surface area contributed by atoms with Crippen LogP contribution in [0.2, 0.25) is 0 Å². The zero-order valence-electron chi connectivity index (χ0n) is 16.1. The van der Waals surface area contributed by atoms with Crippen LogP contribution >= 0.6 is 7.60 Å². The molecule has 0 aliphatic rings. The molecule has 0 aliphatic carbocycles. The normalized spacial score (nSPS) is 17.7. The minimum absolute atomic E-state index is 0.0357. The first-order valence-corrected chi connectivity index (χ1v) is 9.86. The van der Waals surface area contributed by atoms with E-state index >= 15 is 0 Å². The number of H-pyrrole nitrogens is 1. The number of hydrogen-bond donors (Lipinski definition) is 2. The Morgan fingerprint density at radius 3 is 2.56 bits per heavy atom. The minimum atomic E-state index is -3.91. The summed E-state index contributed by atoms with van der Waals surface area (Å²) in [5.74, 6) is 0.990. The fourth-order valence-electron chi connectivity index (χ4n) is 2.23. The number of methoxy groups -OCH3 is 1. The first kappa shape index (κ1) is 23.5. The number of rotatable bonds is 11. The van der Waals surface area contributed by atoms with Gasteiger partial charge in [-0.05, 0) is 26.8 Å². The van der Waals surface area contributed by atoms with E-state index in [1.54, 1.807) is 6.92 Å². The Labute approximate surface area is 157 Å². The van der Waals surface area contributed by atoms with Crippen LogP contribution in [0, 0.1) is 0 Å². The third kappa shape index (κ3) is 7.53. The van der Waals surface area contributed by atoms with E-state index in [9.17, 15) is 19.0 Å². The number of nitrogens with one attached hydrogen (secondary N) is 1. The van der Waals surface area contributed by atoms with Gasteiger partial charge in [0.2, 0.25) is 0 Å². The first-order valence-electron chi connectivity index (χ1n) is 8.21. The summed E-state index contributed by atoms with van der Waals surface area (Å²) >= 11 is 0. The molecule has 3 atom stereocenters. The highest BCUT2D eigenvalue weighted by molar-refractivity contribution is 7.56. The molecule has 10 nitrogen and oxygen atoms in total. The molecular formula is C16H27N2O8P. The maximum atomic E-state index is 12.2. The molecule has 0 saturated carbocycles. The van der Waals surface area contributed by atoms with Crippen LogP contribution in [-0.2, 0) is 29.0 Å². The first-order chi connectivity index (χ1) is 12.5. The predicted octanol–water partition coefficient (Wildman–Crippen LogP) is 1.01. The van der Waals surface area contributed by atoms with Gasteiger partial charge in [-0.1, -0.05) is 0 Å². The smallest absolute Gasteiger partial charge is 0.351 e. The lowest BCUT2D eigenvalue weighted by molar-refractivity contribution is -0.171. The van der Waals surface area contributed by atoms with Gasteiger partial charge in [-0.25, -0.2) is 4.79 Å². The van der Waals surface area contributed by atoms with E-state index in [0.29, 0.717) is 0 Å². The Bertz CT molecular complexity index is 787. The molecule has 0 aliphatic heterocycles. The van der Waals surface area contributed by atoms with Gasteiger partial charge in [-0.3, -0.25) is 18.9 Å². The van der Waals surface area contributed by atoms with Crippen molar-refractivity contribution in [2.45, 2.75) is 38.7 Å². The van der Waals surface area contributed by atoms with Crippen LogP contribution in [0.15, 0.2) is 33.7 Å². The van der Waals surface area contributed by atoms with E-state index in [4.69, 9.17) is 14.2 Å². The standard InChI is InChI=1S/C16H27N2O8P/c1-12(2)25-10-13(7-9-27(21,22)24-5)26-16(3,11-23-4)18-8-6-14(19)17-15(18)20/h6-9,12-13H,10-11H2,1-5H3,(H,21,22)(H,17,19,20)/b9-7+/t13-,16?/m1/s1. The number of nitrogens with zero attached hydrogens (tertiary/aromatic N) is 1. The highest BCUT2D eigenvalue weighted by Crippen LogP contribution is 2.42. The Morgan fingerprint density at radius 1 is 1.37 bits per heavy atom. The second kappa shape index (κ2) is 10.1. The quantitative estimate of drug-likeness (QED) is 0.521. The van der Waals surface area contributed by atoms with Gasteiger partial charge in [-0.2, -0.15) is 0 Å². The third-order valence-electron chi connectivity index (χ3n) is 3.50. The molecule has 0 saturated heterocycles. The summed E-state index contributed by atoms with van der Waals surface area (Å²) in [5, 5.41) is 0. The van der Waals surface area contributed by atoms with Crippen molar-refractivity contribution in [3.8, 4) is 0 Å². The van der Waals surface area contributed by atoms with E-state index in [0.717, 1.165) is 12.9 Å². The maximum Gasteiger partial charge on any atom is 0.351 e. The van der Waals surface area contributed by atoms with Crippen LogP contribution in [0.25, 0.3) is 0 Å². The van der Waals surface area contributed by atoms with Crippen molar-refractivity contribution in [2.75, 3.05) is 27.4 Å². The van der Waals surface area contributed by atoms with Crippen LogP contribution < -0.4 is 11.2 Å². The highest BCUT2D eigenvalue weighted by atomic mass is 31.2. The van der Waals surface area contributed by atoms with E-state index in [1.165, 1.54) is 30.0 Å². The van der Waals surface area contributed by atoms with Gasteiger partial charge in [0.15, 0.2) is 5.72 Å². The van der Waals surface area contributed by atoms with Crippen LogP contribution in [0.5, 0.6) is 0 Å². The molecule has 0 spiro atoms. The Hall–Kier alpha value is -1.55. The van der Waals surface area contributed by atoms with Gasteiger partial charge >= 0.3 is 13.3 Å². The summed E-state index contributed by atoms with van der Waals surface area (Å²) in [7, 11) is -1.36. The van der Waals surface area contributed by atoms with Gasteiger partial charge in [0.1, 0.15) is 6.10 Å². The summed E-state index contributed by atoms with van der Waals surface area (Å²) in [6, 6.07) is 1.18. The van der Waals surface area contributed by atoms with Crippen molar-refractivity contribution in [3.63, 3.8) is 0 Å². The summed E-state index contributed by atoms with van der Waals surface area (Å²) in [6.07, 6.45) is 1.70. The SMILES string of the molecule is COCC(C)(O[C@H](/C=C/P(=O)(O)OC)COC(C)C)n1ccc(=O)[nH]c1=O. The predicted molar refractivity (Wildman–Crippen MR) is 98.8 cm³/mol. The molecule has 1 aromatic rings. The molecule has 0 radical (unpaired) electrons. The van der Waals surface area contributed by atoms with Gasteiger partial charge in [0.05, 0.1) is 19.3 Å². The number of hydrogen-bond acceptors (Lipinski definition) is 7. The van der Waals surface area contributed by atoms with Crippen LogP contribution in [-0.4, -0.2) is 54.1 Å². The van der Waals surface area contributed by atoms with E-state index in [-0.39, 0.29) is 19.3 Å². The number of aromatic nitrogens is 2. The molecule has 1 aromatic heterocycles. The molecule has 1 heterocycles. The van der Waals surface area contributed by atoms with Crippen molar-refractivity contribution in [3.05, 3.63) is 45.0 Å². The molecule has 2 unspecified atom stereocenters. The molecular weight excluding hydrogens is 379 g/mol. The second-order valence-corrected chi connectivity index (χ2v) is 8.01. The monoisotopic (exact) mass is 406 g/mol. The van der Waals surface area contributed by atoms with Gasteiger partial charge < -0.3 is 23.6 Å². The summed E-state index contributed by atoms with van der Waals surface area (Å²) in [5.41, 5.74) is -2.55. The van der Waals surface area contributed by atoms with Crippen molar-refractivity contribution in [1.29, 1.82) is 0 Å².